The van der Waals surface area contributed by atoms with Gasteiger partial charge in [0, 0.05) is 5.56 Å². The second-order valence-electron chi connectivity index (χ2n) is 6.87. The van der Waals surface area contributed by atoms with Crippen LogP contribution < -0.4 is 10.8 Å². The van der Waals surface area contributed by atoms with Crippen molar-refractivity contribution >= 4 is 34.2 Å². The molecular formula is C19H17ClF3N5O. The van der Waals surface area contributed by atoms with Crippen LogP contribution in [0.5, 0.6) is 0 Å². The fraction of sp³-hybridized carbons (Fsp3) is 0.263. The van der Waals surface area contributed by atoms with Crippen molar-refractivity contribution in [3.63, 3.8) is 0 Å². The van der Waals surface area contributed by atoms with Crippen molar-refractivity contribution in [3.8, 4) is 0 Å². The molecule has 1 saturated carbocycles. The molecule has 6 nitrogen and oxygen atoms in total. The number of aromatic nitrogens is 2. The van der Waals surface area contributed by atoms with Crippen LogP contribution in [0, 0.1) is 23.4 Å². The molecule has 4 rings (SSSR count). The Morgan fingerprint density at radius 1 is 1.24 bits per heavy atom. The standard InChI is InChI=1S/C19H17ClF3N5O/c20-12-5-10(3-4-13(12)21)25-19(28-29)11-6-14(22)16(23)18-17(11)26-15(27-18)8-24-7-9-1-2-9/h3-6,9,24,29H,1-2,7-8H2,(H,25,28)(H,26,27). The summed E-state index contributed by atoms with van der Waals surface area (Å²) in [5.41, 5.74) is 2.10. The average molecular weight is 424 g/mol. The summed E-state index contributed by atoms with van der Waals surface area (Å²) >= 11 is 5.75. The van der Waals surface area contributed by atoms with Gasteiger partial charge in [0.05, 0.1) is 22.8 Å². The van der Waals surface area contributed by atoms with Crippen LogP contribution in [-0.2, 0) is 6.54 Å². The quantitative estimate of drug-likeness (QED) is 0.272. The third-order valence-electron chi connectivity index (χ3n) is 4.64. The summed E-state index contributed by atoms with van der Waals surface area (Å²) in [7, 11) is 0. The average Bonchev–Trinajstić information content (AvgIpc) is 3.42. The zero-order valence-electron chi connectivity index (χ0n) is 15.1. The molecule has 0 saturated heterocycles. The van der Waals surface area contributed by atoms with E-state index in [9.17, 15) is 18.4 Å². The molecular weight excluding hydrogens is 407 g/mol. The Hall–Kier alpha value is -2.62. The molecule has 0 atom stereocenters. The number of aliphatic imine (C=N–C) groups is 1. The van der Waals surface area contributed by atoms with Gasteiger partial charge in [0.25, 0.3) is 0 Å². The first-order chi connectivity index (χ1) is 14.0. The first kappa shape index (κ1) is 19.7. The van der Waals surface area contributed by atoms with Gasteiger partial charge in [-0.15, -0.1) is 0 Å². The van der Waals surface area contributed by atoms with Crippen LogP contribution in [0.3, 0.4) is 0 Å². The third kappa shape index (κ3) is 4.21. The van der Waals surface area contributed by atoms with Crippen LogP contribution in [0.25, 0.3) is 11.0 Å². The number of hydroxylamine groups is 1. The van der Waals surface area contributed by atoms with Crippen molar-refractivity contribution < 1.29 is 18.4 Å². The minimum atomic E-state index is -1.14. The number of hydrogen-bond acceptors (Lipinski definition) is 4. The minimum Gasteiger partial charge on any atom is -0.340 e. The van der Waals surface area contributed by atoms with Gasteiger partial charge in [-0.05, 0) is 49.6 Å². The van der Waals surface area contributed by atoms with Gasteiger partial charge in [0.15, 0.2) is 17.5 Å². The van der Waals surface area contributed by atoms with Crippen LogP contribution in [-0.4, -0.2) is 27.6 Å². The molecule has 1 aromatic heterocycles. The normalized spacial score (nSPS) is 14.6. The van der Waals surface area contributed by atoms with Crippen molar-refractivity contribution in [3.05, 3.63) is 58.1 Å². The topological polar surface area (TPSA) is 85.3 Å². The molecule has 1 fully saturated rings. The smallest absolute Gasteiger partial charge is 0.186 e. The first-order valence-corrected chi connectivity index (χ1v) is 9.35. The minimum absolute atomic E-state index is 0.0581. The maximum atomic E-state index is 14.3. The summed E-state index contributed by atoms with van der Waals surface area (Å²) in [6.07, 6.45) is 2.37. The predicted molar refractivity (Wildman–Crippen MR) is 103 cm³/mol. The van der Waals surface area contributed by atoms with E-state index in [0.29, 0.717) is 18.3 Å². The van der Waals surface area contributed by atoms with E-state index >= 15 is 0 Å². The van der Waals surface area contributed by atoms with Gasteiger partial charge in [0.1, 0.15) is 17.2 Å². The van der Waals surface area contributed by atoms with E-state index in [4.69, 9.17) is 11.6 Å². The highest BCUT2D eigenvalue weighted by atomic mass is 35.5. The Morgan fingerprint density at radius 2 is 2.03 bits per heavy atom. The molecule has 152 valence electrons. The van der Waals surface area contributed by atoms with E-state index in [0.717, 1.165) is 18.7 Å². The van der Waals surface area contributed by atoms with E-state index in [1.54, 1.807) is 0 Å². The summed E-state index contributed by atoms with van der Waals surface area (Å²) in [5, 5.41) is 12.6. The molecule has 1 aliphatic carbocycles. The highest BCUT2D eigenvalue weighted by Gasteiger charge is 2.22. The molecule has 29 heavy (non-hydrogen) atoms. The predicted octanol–water partition coefficient (Wildman–Crippen LogP) is 4.19. The van der Waals surface area contributed by atoms with E-state index < -0.39 is 17.5 Å². The Morgan fingerprint density at radius 3 is 2.72 bits per heavy atom. The van der Waals surface area contributed by atoms with Gasteiger partial charge >= 0.3 is 0 Å². The third-order valence-corrected chi connectivity index (χ3v) is 4.93. The van der Waals surface area contributed by atoms with Crippen molar-refractivity contribution in [2.24, 2.45) is 10.9 Å². The molecule has 4 N–H and O–H groups in total. The van der Waals surface area contributed by atoms with Crippen LogP contribution in [0.1, 0.15) is 24.2 Å². The number of benzene rings is 2. The number of nitrogens with one attached hydrogen (secondary N) is 3. The van der Waals surface area contributed by atoms with Crippen LogP contribution in [0.15, 0.2) is 29.3 Å². The van der Waals surface area contributed by atoms with Gasteiger partial charge in [-0.1, -0.05) is 11.6 Å². The number of H-pyrrole nitrogens is 1. The van der Waals surface area contributed by atoms with Crippen LogP contribution in [0.4, 0.5) is 18.9 Å². The fourth-order valence-corrected chi connectivity index (χ4v) is 3.14. The van der Waals surface area contributed by atoms with Gasteiger partial charge in [0.2, 0.25) is 0 Å². The molecule has 0 radical (unpaired) electrons. The first-order valence-electron chi connectivity index (χ1n) is 8.97. The van der Waals surface area contributed by atoms with Crippen molar-refractivity contribution in [1.82, 2.24) is 20.8 Å². The number of hydrogen-bond donors (Lipinski definition) is 4. The Balaban J connectivity index is 1.73. The second-order valence-corrected chi connectivity index (χ2v) is 7.28. The summed E-state index contributed by atoms with van der Waals surface area (Å²) in [6, 6.07) is 4.57. The van der Waals surface area contributed by atoms with E-state index in [1.807, 2.05) is 5.48 Å². The molecule has 2 aromatic carbocycles. The Bertz CT molecular complexity index is 1100. The number of rotatable bonds is 6. The maximum absolute atomic E-state index is 14.3. The van der Waals surface area contributed by atoms with Gasteiger partial charge in [-0.3, -0.25) is 10.7 Å². The second kappa shape index (κ2) is 8.02. The van der Waals surface area contributed by atoms with Crippen molar-refractivity contribution in [1.29, 1.82) is 0 Å². The van der Waals surface area contributed by atoms with Gasteiger partial charge in [-0.2, -0.15) is 0 Å². The van der Waals surface area contributed by atoms with Crippen LogP contribution >= 0.6 is 11.6 Å². The lowest BCUT2D eigenvalue weighted by molar-refractivity contribution is 0.235. The fourth-order valence-electron chi connectivity index (χ4n) is 2.97. The lowest BCUT2D eigenvalue weighted by Gasteiger charge is -2.08. The monoisotopic (exact) mass is 423 g/mol. The zero-order chi connectivity index (χ0) is 20.5. The summed E-state index contributed by atoms with van der Waals surface area (Å²) < 4.78 is 41.8. The van der Waals surface area contributed by atoms with Gasteiger partial charge < -0.3 is 10.3 Å². The lowest BCUT2D eigenvalue weighted by atomic mass is 10.1. The zero-order valence-corrected chi connectivity index (χ0v) is 15.8. The summed E-state index contributed by atoms with van der Waals surface area (Å²) in [6.45, 7) is 1.19. The number of fused-ring (bicyclic) bond motifs is 1. The van der Waals surface area contributed by atoms with E-state index in [2.05, 4.69) is 20.3 Å². The van der Waals surface area contributed by atoms with Gasteiger partial charge in [-0.25, -0.2) is 23.1 Å². The summed E-state index contributed by atoms with van der Waals surface area (Å²) in [4.78, 5) is 11.2. The SMILES string of the molecule is ONC(=Nc1ccc(F)c(Cl)c1)c1cc(F)c(F)c2nc(CNCC3CC3)[nH]c12. The number of aromatic amines is 1. The molecule has 1 heterocycles. The maximum Gasteiger partial charge on any atom is 0.186 e. The Labute approximate surface area is 168 Å². The number of halogens is 4. The van der Waals surface area contributed by atoms with E-state index in [-0.39, 0.29) is 33.1 Å². The molecule has 1 aliphatic rings. The molecule has 0 aliphatic heterocycles. The number of amidine groups is 1. The highest BCUT2D eigenvalue weighted by Crippen LogP contribution is 2.28. The molecule has 0 unspecified atom stereocenters. The highest BCUT2D eigenvalue weighted by molar-refractivity contribution is 6.31. The molecule has 10 heteroatoms. The van der Waals surface area contributed by atoms with Crippen LogP contribution in [0.2, 0.25) is 5.02 Å². The Kier molecular flexibility index (Phi) is 5.44. The number of imidazole rings is 1. The molecule has 0 bridgehead atoms. The van der Waals surface area contributed by atoms with Crippen molar-refractivity contribution in [2.45, 2.75) is 19.4 Å². The molecule has 3 aromatic rings. The lowest BCUT2D eigenvalue weighted by Crippen LogP contribution is -2.21. The van der Waals surface area contributed by atoms with Crippen molar-refractivity contribution in [2.75, 3.05) is 6.54 Å². The molecule has 0 amide bonds. The summed E-state index contributed by atoms with van der Waals surface area (Å²) in [5.74, 6) is -1.97. The van der Waals surface area contributed by atoms with E-state index in [1.165, 1.54) is 25.0 Å². The largest absolute Gasteiger partial charge is 0.340 e. The molecule has 0 spiro atoms. The number of nitrogens with zero attached hydrogens (tertiary/aromatic N) is 2.